The Hall–Kier alpha value is -1.75. The molecule has 0 saturated heterocycles. The maximum absolute atomic E-state index is 11.9. The second kappa shape index (κ2) is 6.35. The van der Waals surface area contributed by atoms with Crippen LogP contribution in [0.2, 0.25) is 5.02 Å². The Bertz CT molecular complexity index is 554. The summed E-state index contributed by atoms with van der Waals surface area (Å²) in [7, 11) is 0. The van der Waals surface area contributed by atoms with Crippen LogP contribution in [-0.4, -0.2) is 23.7 Å². The zero-order valence-corrected chi connectivity index (χ0v) is 12.7. The van der Waals surface area contributed by atoms with Crippen LogP contribution in [0, 0.1) is 5.41 Å². The minimum absolute atomic E-state index is 0.0810. The maximum Gasteiger partial charge on any atom is 0.335 e. The topological polar surface area (TPSA) is 78.4 Å². The van der Waals surface area contributed by atoms with Gasteiger partial charge in [-0.05, 0) is 36.5 Å². The van der Waals surface area contributed by atoms with Crippen LogP contribution >= 0.6 is 11.6 Å². The van der Waals surface area contributed by atoms with Gasteiger partial charge >= 0.3 is 12.0 Å². The molecule has 1 aromatic rings. The molecule has 0 atom stereocenters. The zero-order valence-electron chi connectivity index (χ0n) is 11.9. The number of halogens is 1. The third-order valence-corrected chi connectivity index (χ3v) is 4.28. The van der Waals surface area contributed by atoms with E-state index in [0.29, 0.717) is 17.3 Å². The van der Waals surface area contributed by atoms with Crippen molar-refractivity contribution < 1.29 is 14.7 Å². The molecule has 1 aromatic carbocycles. The standard InChI is InChI=1S/C15H19ClN2O3/c1-15(6-2-3-7-15)9-17-14(21)18-12-8-10(13(19)20)4-5-11(12)16/h4-5,8H,2-3,6-7,9H2,1H3,(H,19,20)(H2,17,18,21). The number of urea groups is 1. The van der Waals surface area contributed by atoms with Crippen LogP contribution in [0.4, 0.5) is 10.5 Å². The van der Waals surface area contributed by atoms with Crippen LogP contribution in [0.5, 0.6) is 0 Å². The van der Waals surface area contributed by atoms with Crippen LogP contribution < -0.4 is 10.6 Å². The number of hydrogen-bond acceptors (Lipinski definition) is 2. The number of amides is 2. The van der Waals surface area contributed by atoms with Crippen LogP contribution in [0.1, 0.15) is 43.0 Å². The van der Waals surface area contributed by atoms with Gasteiger partial charge in [0.25, 0.3) is 0 Å². The molecule has 0 radical (unpaired) electrons. The number of rotatable bonds is 4. The molecule has 1 aliphatic rings. The van der Waals surface area contributed by atoms with Crippen LogP contribution in [0.25, 0.3) is 0 Å². The molecule has 1 aliphatic carbocycles. The largest absolute Gasteiger partial charge is 0.478 e. The summed E-state index contributed by atoms with van der Waals surface area (Å²) in [6.07, 6.45) is 4.63. The molecule has 5 nitrogen and oxygen atoms in total. The Balaban J connectivity index is 1.96. The molecule has 0 spiro atoms. The Kier molecular flexibility index (Phi) is 4.73. The third kappa shape index (κ3) is 4.11. The molecule has 114 valence electrons. The minimum Gasteiger partial charge on any atom is -0.478 e. The Morgan fingerprint density at radius 1 is 1.33 bits per heavy atom. The Morgan fingerprint density at radius 3 is 2.62 bits per heavy atom. The summed E-state index contributed by atoms with van der Waals surface area (Å²) in [4.78, 5) is 22.8. The SMILES string of the molecule is CC1(CNC(=O)Nc2cc(C(=O)O)ccc2Cl)CCCC1. The van der Waals surface area contributed by atoms with Gasteiger partial charge in [-0.2, -0.15) is 0 Å². The number of nitrogens with one attached hydrogen (secondary N) is 2. The van der Waals surface area contributed by atoms with Crippen molar-refractivity contribution in [3.8, 4) is 0 Å². The van der Waals surface area contributed by atoms with Crippen LogP contribution in [0.3, 0.4) is 0 Å². The minimum atomic E-state index is -1.06. The molecule has 3 N–H and O–H groups in total. The van der Waals surface area contributed by atoms with E-state index in [1.165, 1.54) is 31.0 Å². The number of benzene rings is 1. The first-order chi connectivity index (χ1) is 9.89. The molecule has 2 amide bonds. The summed E-state index contributed by atoms with van der Waals surface area (Å²) in [5.74, 6) is -1.06. The van der Waals surface area contributed by atoms with E-state index in [1.54, 1.807) is 0 Å². The van der Waals surface area contributed by atoms with Crippen molar-refractivity contribution >= 4 is 29.3 Å². The van der Waals surface area contributed by atoms with E-state index in [-0.39, 0.29) is 17.0 Å². The molecule has 1 fully saturated rings. The summed E-state index contributed by atoms with van der Waals surface area (Å²) >= 11 is 5.96. The predicted molar refractivity (Wildman–Crippen MR) is 82.0 cm³/mol. The fourth-order valence-electron chi connectivity index (χ4n) is 2.62. The van der Waals surface area contributed by atoms with Crippen LogP contribution in [-0.2, 0) is 0 Å². The number of carbonyl (C=O) groups is 2. The molecule has 0 aromatic heterocycles. The predicted octanol–water partition coefficient (Wildman–Crippen LogP) is 3.74. The van der Waals surface area contributed by atoms with Gasteiger partial charge in [-0.3, -0.25) is 0 Å². The monoisotopic (exact) mass is 310 g/mol. The molecule has 21 heavy (non-hydrogen) atoms. The van der Waals surface area contributed by atoms with Crippen molar-refractivity contribution in [2.24, 2.45) is 5.41 Å². The normalized spacial score (nSPS) is 16.5. The number of carbonyl (C=O) groups excluding carboxylic acids is 1. The fraction of sp³-hybridized carbons (Fsp3) is 0.467. The van der Waals surface area contributed by atoms with E-state index in [0.717, 1.165) is 12.8 Å². The highest BCUT2D eigenvalue weighted by atomic mass is 35.5. The highest BCUT2D eigenvalue weighted by Crippen LogP contribution is 2.36. The average Bonchev–Trinajstić information content (AvgIpc) is 2.86. The van der Waals surface area contributed by atoms with E-state index in [1.807, 2.05) is 0 Å². The lowest BCUT2D eigenvalue weighted by Crippen LogP contribution is -2.36. The average molecular weight is 311 g/mol. The van der Waals surface area contributed by atoms with Crippen molar-refractivity contribution in [1.82, 2.24) is 5.32 Å². The maximum atomic E-state index is 11.9. The van der Waals surface area contributed by atoms with Gasteiger partial charge < -0.3 is 15.7 Å². The molecular formula is C15H19ClN2O3. The molecule has 0 aliphatic heterocycles. The summed E-state index contributed by atoms with van der Waals surface area (Å²) in [6.45, 7) is 2.77. The van der Waals surface area contributed by atoms with E-state index < -0.39 is 5.97 Å². The smallest absolute Gasteiger partial charge is 0.335 e. The first-order valence-corrected chi connectivity index (χ1v) is 7.35. The van der Waals surface area contributed by atoms with E-state index in [9.17, 15) is 9.59 Å². The van der Waals surface area contributed by atoms with Gasteiger partial charge in [0.2, 0.25) is 0 Å². The van der Waals surface area contributed by atoms with E-state index >= 15 is 0 Å². The summed E-state index contributed by atoms with van der Waals surface area (Å²) < 4.78 is 0. The lowest BCUT2D eigenvalue weighted by molar-refractivity contribution is 0.0697. The lowest BCUT2D eigenvalue weighted by Gasteiger charge is -2.23. The summed E-state index contributed by atoms with van der Waals surface area (Å²) in [5.41, 5.74) is 0.535. The molecular weight excluding hydrogens is 292 g/mol. The quantitative estimate of drug-likeness (QED) is 0.792. The van der Waals surface area contributed by atoms with Crippen molar-refractivity contribution in [2.45, 2.75) is 32.6 Å². The second-order valence-electron chi connectivity index (χ2n) is 5.83. The first kappa shape index (κ1) is 15.6. The van der Waals surface area contributed by atoms with Gasteiger partial charge in [-0.1, -0.05) is 31.4 Å². The van der Waals surface area contributed by atoms with Gasteiger partial charge in [0.1, 0.15) is 0 Å². The fourth-order valence-corrected chi connectivity index (χ4v) is 2.78. The molecule has 2 rings (SSSR count). The van der Waals surface area contributed by atoms with Crippen molar-refractivity contribution in [3.63, 3.8) is 0 Å². The number of aromatic carboxylic acids is 1. The Morgan fingerprint density at radius 2 is 2.00 bits per heavy atom. The van der Waals surface area contributed by atoms with E-state index in [4.69, 9.17) is 16.7 Å². The molecule has 0 bridgehead atoms. The Labute approximate surface area is 128 Å². The number of carboxylic acid groups (broad SMARTS) is 1. The zero-order chi connectivity index (χ0) is 15.5. The second-order valence-corrected chi connectivity index (χ2v) is 6.23. The molecule has 1 saturated carbocycles. The first-order valence-electron chi connectivity index (χ1n) is 6.97. The van der Waals surface area contributed by atoms with Gasteiger partial charge in [0.15, 0.2) is 0 Å². The van der Waals surface area contributed by atoms with Gasteiger partial charge in [0, 0.05) is 6.54 Å². The van der Waals surface area contributed by atoms with E-state index in [2.05, 4.69) is 17.6 Å². The van der Waals surface area contributed by atoms with Gasteiger partial charge in [-0.15, -0.1) is 0 Å². The molecule has 6 heteroatoms. The van der Waals surface area contributed by atoms with Crippen molar-refractivity contribution in [2.75, 3.05) is 11.9 Å². The number of carboxylic acids is 1. The van der Waals surface area contributed by atoms with Crippen molar-refractivity contribution in [3.05, 3.63) is 28.8 Å². The highest BCUT2D eigenvalue weighted by Gasteiger charge is 2.28. The molecule has 0 unspecified atom stereocenters. The third-order valence-electron chi connectivity index (χ3n) is 3.95. The summed E-state index contributed by atoms with van der Waals surface area (Å²) in [5, 5.41) is 14.7. The van der Waals surface area contributed by atoms with Gasteiger partial charge in [-0.25, -0.2) is 9.59 Å². The summed E-state index contributed by atoms with van der Waals surface area (Å²) in [6, 6.07) is 3.83. The van der Waals surface area contributed by atoms with Crippen molar-refractivity contribution in [1.29, 1.82) is 0 Å². The van der Waals surface area contributed by atoms with Gasteiger partial charge in [0.05, 0.1) is 16.3 Å². The molecule has 0 heterocycles. The highest BCUT2D eigenvalue weighted by molar-refractivity contribution is 6.33. The number of hydrogen-bond donors (Lipinski definition) is 3. The lowest BCUT2D eigenvalue weighted by atomic mass is 9.89. The van der Waals surface area contributed by atoms with Crippen LogP contribution in [0.15, 0.2) is 18.2 Å². The number of anilines is 1.